The van der Waals surface area contributed by atoms with E-state index in [4.69, 9.17) is 10.00 Å². The smallest absolute Gasteiger partial charge is 0.282 e. The first-order valence-corrected chi connectivity index (χ1v) is 11.1. The van der Waals surface area contributed by atoms with Crippen molar-refractivity contribution in [1.29, 1.82) is 5.26 Å². The molecule has 0 amide bonds. The van der Waals surface area contributed by atoms with Crippen LogP contribution in [0.3, 0.4) is 0 Å². The van der Waals surface area contributed by atoms with Crippen LogP contribution in [0.25, 0.3) is 10.9 Å². The standard InChI is InChI=1S/C20H15Br3N4O2/c1-2-3-18-26-17-5-4-13(21)10-14(17)20(28)27(18)25-11-12-8-15(22)19(16(23)9-12)29-7-6-24/h4-5,8-11H,2-3,7H2,1H3. The second-order valence-corrected chi connectivity index (χ2v) is 8.69. The maximum Gasteiger partial charge on any atom is 0.282 e. The summed E-state index contributed by atoms with van der Waals surface area (Å²) < 4.78 is 8.89. The van der Waals surface area contributed by atoms with Gasteiger partial charge in [0, 0.05) is 10.9 Å². The largest absolute Gasteiger partial charge is 0.476 e. The van der Waals surface area contributed by atoms with Crippen molar-refractivity contribution in [1.82, 2.24) is 9.66 Å². The van der Waals surface area contributed by atoms with Crippen molar-refractivity contribution in [2.24, 2.45) is 5.10 Å². The van der Waals surface area contributed by atoms with Gasteiger partial charge in [0.25, 0.3) is 5.56 Å². The van der Waals surface area contributed by atoms with Crippen LogP contribution in [0.2, 0.25) is 0 Å². The van der Waals surface area contributed by atoms with E-state index < -0.39 is 0 Å². The van der Waals surface area contributed by atoms with Gasteiger partial charge in [-0.3, -0.25) is 4.79 Å². The number of hydrogen-bond donors (Lipinski definition) is 0. The van der Waals surface area contributed by atoms with Crippen LogP contribution in [-0.4, -0.2) is 22.5 Å². The molecule has 3 aromatic rings. The predicted octanol–water partition coefficient (Wildman–Crippen LogP) is 5.42. The van der Waals surface area contributed by atoms with Gasteiger partial charge in [-0.25, -0.2) is 4.98 Å². The topological polar surface area (TPSA) is 80.3 Å². The number of nitriles is 1. The third-order valence-corrected chi connectivity index (χ3v) is 5.64. The molecule has 29 heavy (non-hydrogen) atoms. The molecule has 0 saturated carbocycles. The molecule has 9 heteroatoms. The van der Waals surface area contributed by atoms with E-state index in [0.717, 1.165) is 16.5 Å². The number of ether oxygens (including phenoxy) is 1. The Morgan fingerprint density at radius 1 is 1.24 bits per heavy atom. The second kappa shape index (κ2) is 9.65. The number of aryl methyl sites for hydroxylation is 1. The first kappa shape index (κ1) is 21.7. The Hall–Kier alpha value is -2.02. The summed E-state index contributed by atoms with van der Waals surface area (Å²) >= 11 is 10.3. The van der Waals surface area contributed by atoms with Crippen molar-refractivity contribution in [3.05, 3.63) is 65.5 Å². The zero-order chi connectivity index (χ0) is 21.0. The second-order valence-electron chi connectivity index (χ2n) is 6.06. The van der Waals surface area contributed by atoms with Crippen LogP contribution in [-0.2, 0) is 6.42 Å². The molecule has 0 bridgehead atoms. The Bertz CT molecular complexity index is 1180. The summed E-state index contributed by atoms with van der Waals surface area (Å²) in [5, 5.41) is 13.6. The minimum atomic E-state index is -0.219. The number of benzene rings is 2. The average Bonchev–Trinajstić information content (AvgIpc) is 2.68. The molecule has 6 nitrogen and oxygen atoms in total. The molecular weight excluding hydrogens is 568 g/mol. The summed E-state index contributed by atoms with van der Waals surface area (Å²) in [5.74, 6) is 1.14. The van der Waals surface area contributed by atoms with Crippen molar-refractivity contribution in [3.63, 3.8) is 0 Å². The lowest BCUT2D eigenvalue weighted by atomic mass is 10.2. The maximum atomic E-state index is 13.0. The average molecular weight is 583 g/mol. The summed E-state index contributed by atoms with van der Waals surface area (Å²) in [6.45, 7) is 1.97. The lowest BCUT2D eigenvalue weighted by Gasteiger charge is -2.10. The summed E-state index contributed by atoms with van der Waals surface area (Å²) in [6, 6.07) is 11.0. The van der Waals surface area contributed by atoms with E-state index in [0.29, 0.717) is 37.8 Å². The van der Waals surface area contributed by atoms with E-state index in [-0.39, 0.29) is 12.2 Å². The number of aromatic nitrogens is 2. The lowest BCUT2D eigenvalue weighted by molar-refractivity contribution is 0.363. The first-order chi connectivity index (χ1) is 13.9. The van der Waals surface area contributed by atoms with Crippen LogP contribution in [0.4, 0.5) is 0 Å². The van der Waals surface area contributed by atoms with Crippen LogP contribution in [0.1, 0.15) is 24.7 Å². The Kier molecular flexibility index (Phi) is 7.22. The van der Waals surface area contributed by atoms with Crippen LogP contribution in [0.15, 0.2) is 53.6 Å². The van der Waals surface area contributed by atoms with E-state index in [9.17, 15) is 4.79 Å². The van der Waals surface area contributed by atoms with Crippen molar-refractivity contribution >= 4 is 64.9 Å². The fourth-order valence-electron chi connectivity index (χ4n) is 2.72. The molecule has 0 N–H and O–H groups in total. The fraction of sp³-hybridized carbons (Fsp3) is 0.200. The Labute approximate surface area is 192 Å². The van der Waals surface area contributed by atoms with Gasteiger partial charge in [-0.2, -0.15) is 15.0 Å². The van der Waals surface area contributed by atoms with Gasteiger partial charge in [-0.15, -0.1) is 0 Å². The number of rotatable bonds is 6. The van der Waals surface area contributed by atoms with Crippen molar-refractivity contribution < 1.29 is 4.74 Å². The summed E-state index contributed by atoms with van der Waals surface area (Å²) in [6.07, 6.45) is 3.06. The van der Waals surface area contributed by atoms with Crippen molar-refractivity contribution in [3.8, 4) is 11.8 Å². The SMILES string of the molecule is CCCc1nc2ccc(Br)cc2c(=O)n1N=Cc1cc(Br)c(OCC#N)c(Br)c1. The molecule has 0 radical (unpaired) electrons. The van der Waals surface area contributed by atoms with Gasteiger partial charge in [0.1, 0.15) is 17.6 Å². The monoisotopic (exact) mass is 580 g/mol. The highest BCUT2D eigenvalue weighted by molar-refractivity contribution is 9.11. The normalized spacial score (nSPS) is 11.1. The highest BCUT2D eigenvalue weighted by Gasteiger charge is 2.11. The molecule has 148 valence electrons. The lowest BCUT2D eigenvalue weighted by Crippen LogP contribution is -2.22. The third kappa shape index (κ3) is 4.94. The molecule has 0 unspecified atom stereocenters. The molecule has 2 aromatic carbocycles. The highest BCUT2D eigenvalue weighted by atomic mass is 79.9. The van der Waals surface area contributed by atoms with Crippen molar-refractivity contribution in [2.75, 3.05) is 6.61 Å². The summed E-state index contributed by atoms with van der Waals surface area (Å²) in [5.41, 5.74) is 1.18. The zero-order valence-corrected chi connectivity index (χ0v) is 20.1. The van der Waals surface area contributed by atoms with Crippen LogP contribution >= 0.6 is 47.8 Å². The van der Waals surface area contributed by atoms with E-state index in [1.807, 2.05) is 25.1 Å². The summed E-state index contributed by atoms with van der Waals surface area (Å²) in [7, 11) is 0. The molecular formula is C20H15Br3N4O2. The summed E-state index contributed by atoms with van der Waals surface area (Å²) in [4.78, 5) is 17.6. The molecule has 1 heterocycles. The maximum absolute atomic E-state index is 13.0. The van der Waals surface area contributed by atoms with Gasteiger partial charge in [0.05, 0.1) is 26.1 Å². The third-order valence-electron chi connectivity index (χ3n) is 3.97. The van der Waals surface area contributed by atoms with E-state index >= 15 is 0 Å². The Balaban J connectivity index is 2.06. The van der Waals surface area contributed by atoms with E-state index in [2.05, 4.69) is 57.9 Å². The minimum absolute atomic E-state index is 0.0568. The molecule has 0 aliphatic heterocycles. The van der Waals surface area contributed by atoms with E-state index in [1.165, 1.54) is 4.68 Å². The van der Waals surface area contributed by atoms with Gasteiger partial charge in [-0.05, 0) is 74.2 Å². The Morgan fingerprint density at radius 2 is 1.97 bits per heavy atom. The number of hydrogen-bond acceptors (Lipinski definition) is 5. The quantitative estimate of drug-likeness (QED) is 0.364. The number of fused-ring (bicyclic) bond motifs is 1. The minimum Gasteiger partial charge on any atom is -0.476 e. The van der Waals surface area contributed by atoms with Crippen molar-refractivity contribution in [2.45, 2.75) is 19.8 Å². The van der Waals surface area contributed by atoms with Crippen LogP contribution < -0.4 is 10.3 Å². The Morgan fingerprint density at radius 3 is 2.62 bits per heavy atom. The van der Waals surface area contributed by atoms with Gasteiger partial charge < -0.3 is 4.74 Å². The molecule has 0 aliphatic carbocycles. The van der Waals surface area contributed by atoms with Gasteiger partial charge in [0.15, 0.2) is 6.61 Å². The molecule has 0 fully saturated rings. The molecule has 0 atom stereocenters. The highest BCUT2D eigenvalue weighted by Crippen LogP contribution is 2.34. The van der Waals surface area contributed by atoms with Gasteiger partial charge >= 0.3 is 0 Å². The first-order valence-electron chi connectivity index (χ1n) is 8.69. The number of halogens is 3. The van der Waals surface area contributed by atoms with Crippen LogP contribution in [0, 0.1) is 11.3 Å². The number of nitrogens with zero attached hydrogens (tertiary/aromatic N) is 4. The van der Waals surface area contributed by atoms with Crippen LogP contribution in [0.5, 0.6) is 5.75 Å². The molecule has 3 rings (SSSR count). The molecule has 0 saturated heterocycles. The van der Waals surface area contributed by atoms with Gasteiger partial charge in [0.2, 0.25) is 0 Å². The molecule has 0 aliphatic rings. The predicted molar refractivity (Wildman–Crippen MR) is 124 cm³/mol. The molecule has 1 aromatic heterocycles. The van der Waals surface area contributed by atoms with Gasteiger partial charge in [-0.1, -0.05) is 22.9 Å². The fourth-order valence-corrected chi connectivity index (χ4v) is 4.53. The van der Waals surface area contributed by atoms with E-state index in [1.54, 1.807) is 24.4 Å². The zero-order valence-electron chi connectivity index (χ0n) is 15.3. The molecule has 0 spiro atoms.